The number of hydrogen-bond donors (Lipinski definition) is 1. The first-order valence-electron chi connectivity index (χ1n) is 6.46. The van der Waals surface area contributed by atoms with Gasteiger partial charge < -0.3 is 5.73 Å². The minimum atomic E-state index is -0.405. The van der Waals surface area contributed by atoms with Gasteiger partial charge in [-0.3, -0.25) is 14.2 Å². The van der Waals surface area contributed by atoms with Crippen molar-refractivity contribution in [2.45, 2.75) is 36.6 Å². The molecule has 5 nitrogen and oxygen atoms in total. The lowest BCUT2D eigenvalue weighted by Crippen LogP contribution is -2.25. The number of nitrogens with zero attached hydrogens (tertiary/aromatic N) is 2. The fourth-order valence-corrected chi connectivity index (χ4v) is 4.55. The Kier molecular flexibility index (Phi) is 3.33. The molecule has 20 heavy (non-hydrogen) atoms. The Labute approximate surface area is 124 Å². The van der Waals surface area contributed by atoms with Gasteiger partial charge in [-0.15, -0.1) is 11.3 Å². The molecule has 0 saturated carbocycles. The lowest BCUT2D eigenvalue weighted by Gasteiger charge is -2.10. The molecule has 1 atom stereocenters. The molecule has 0 spiro atoms. The van der Waals surface area contributed by atoms with E-state index < -0.39 is 11.2 Å². The van der Waals surface area contributed by atoms with Crippen molar-refractivity contribution in [2.24, 2.45) is 12.8 Å². The van der Waals surface area contributed by atoms with E-state index in [9.17, 15) is 9.59 Å². The Balaban J connectivity index is 2.14. The number of amides is 1. The summed E-state index contributed by atoms with van der Waals surface area (Å²) in [5, 5.41) is 0.909. The van der Waals surface area contributed by atoms with Crippen LogP contribution >= 0.6 is 23.1 Å². The van der Waals surface area contributed by atoms with Crippen LogP contribution in [0.1, 0.15) is 23.8 Å². The molecule has 1 aliphatic rings. The molecule has 0 aromatic carbocycles. The predicted molar refractivity (Wildman–Crippen MR) is 81.4 cm³/mol. The van der Waals surface area contributed by atoms with Gasteiger partial charge in [0.2, 0.25) is 5.91 Å². The molecule has 0 aliphatic heterocycles. The SMILES string of the molecule is C[C@@H](Sc1nc2sc3c(c2c(=O)n1C)CCC3)C(N)=O. The van der Waals surface area contributed by atoms with Crippen molar-refractivity contribution in [1.82, 2.24) is 9.55 Å². The number of primary amides is 1. The number of aromatic nitrogens is 2. The maximum atomic E-state index is 12.5. The van der Waals surface area contributed by atoms with E-state index in [4.69, 9.17) is 5.73 Å². The summed E-state index contributed by atoms with van der Waals surface area (Å²) in [6.45, 7) is 1.72. The number of carbonyl (C=O) groups excluding carboxylic acids is 1. The van der Waals surface area contributed by atoms with Crippen LogP contribution in [0.5, 0.6) is 0 Å². The highest BCUT2D eigenvalue weighted by atomic mass is 32.2. The minimum absolute atomic E-state index is 0.0198. The van der Waals surface area contributed by atoms with Crippen molar-refractivity contribution in [3.05, 3.63) is 20.8 Å². The van der Waals surface area contributed by atoms with Crippen LogP contribution in [0.3, 0.4) is 0 Å². The van der Waals surface area contributed by atoms with Gasteiger partial charge in [-0.2, -0.15) is 0 Å². The third kappa shape index (κ3) is 2.05. The fourth-order valence-electron chi connectivity index (χ4n) is 2.43. The summed E-state index contributed by atoms with van der Waals surface area (Å²) in [5.74, 6) is -0.405. The first-order valence-corrected chi connectivity index (χ1v) is 8.16. The highest BCUT2D eigenvalue weighted by molar-refractivity contribution is 8.00. The Morgan fingerprint density at radius 3 is 2.95 bits per heavy atom. The number of nitrogens with two attached hydrogens (primary N) is 1. The number of carbonyl (C=O) groups is 1. The lowest BCUT2D eigenvalue weighted by atomic mass is 10.2. The number of aryl methyl sites for hydroxylation is 2. The number of rotatable bonds is 3. The quantitative estimate of drug-likeness (QED) is 0.687. The fraction of sp³-hybridized carbons (Fsp3) is 0.462. The maximum absolute atomic E-state index is 12.5. The van der Waals surface area contributed by atoms with Crippen LogP contribution in [0.4, 0.5) is 0 Å². The Bertz CT molecular complexity index is 763. The van der Waals surface area contributed by atoms with Crippen LogP contribution in [0, 0.1) is 0 Å². The average molecular weight is 309 g/mol. The molecule has 2 N–H and O–H groups in total. The van der Waals surface area contributed by atoms with Crippen molar-refractivity contribution >= 4 is 39.2 Å². The van der Waals surface area contributed by atoms with Crippen molar-refractivity contribution in [3.8, 4) is 0 Å². The second-order valence-electron chi connectivity index (χ2n) is 4.96. The first-order chi connectivity index (χ1) is 9.49. The van der Waals surface area contributed by atoms with Crippen LogP contribution in [-0.4, -0.2) is 20.7 Å². The molecule has 3 rings (SSSR count). The normalized spacial score (nSPS) is 15.5. The third-order valence-corrected chi connectivity index (χ3v) is 5.94. The van der Waals surface area contributed by atoms with Crippen LogP contribution in [-0.2, 0) is 24.7 Å². The van der Waals surface area contributed by atoms with Gasteiger partial charge in [-0.25, -0.2) is 4.98 Å². The van der Waals surface area contributed by atoms with Gasteiger partial charge in [0.15, 0.2) is 5.16 Å². The molecule has 2 aromatic rings. The molecule has 1 amide bonds. The number of thioether (sulfide) groups is 1. The highest BCUT2D eigenvalue weighted by Gasteiger charge is 2.23. The number of hydrogen-bond acceptors (Lipinski definition) is 5. The second-order valence-corrected chi connectivity index (χ2v) is 7.35. The average Bonchev–Trinajstić information content (AvgIpc) is 2.95. The van der Waals surface area contributed by atoms with Crippen LogP contribution in [0.25, 0.3) is 10.2 Å². The largest absolute Gasteiger partial charge is 0.369 e. The lowest BCUT2D eigenvalue weighted by molar-refractivity contribution is -0.117. The van der Waals surface area contributed by atoms with Gasteiger partial charge in [0, 0.05) is 11.9 Å². The summed E-state index contributed by atoms with van der Waals surface area (Å²) < 4.78 is 1.53. The molecule has 2 aromatic heterocycles. The van der Waals surface area contributed by atoms with E-state index in [2.05, 4.69) is 4.98 Å². The first kappa shape index (κ1) is 13.6. The van der Waals surface area contributed by atoms with Crippen molar-refractivity contribution in [3.63, 3.8) is 0 Å². The van der Waals surface area contributed by atoms with Gasteiger partial charge in [0.05, 0.1) is 10.6 Å². The predicted octanol–water partition coefficient (Wildman–Crippen LogP) is 1.45. The van der Waals surface area contributed by atoms with Gasteiger partial charge in [-0.1, -0.05) is 11.8 Å². The van der Waals surface area contributed by atoms with E-state index in [-0.39, 0.29) is 5.56 Å². The van der Waals surface area contributed by atoms with Crippen LogP contribution in [0.2, 0.25) is 0 Å². The molecular weight excluding hydrogens is 294 g/mol. The topological polar surface area (TPSA) is 78.0 Å². The second kappa shape index (κ2) is 4.89. The number of thiophene rings is 1. The van der Waals surface area contributed by atoms with E-state index in [1.807, 2.05) is 0 Å². The Hall–Kier alpha value is -1.34. The van der Waals surface area contributed by atoms with Crippen LogP contribution < -0.4 is 11.3 Å². The third-order valence-electron chi connectivity index (χ3n) is 3.59. The van der Waals surface area contributed by atoms with Gasteiger partial charge in [0.1, 0.15) is 4.83 Å². The van der Waals surface area contributed by atoms with Gasteiger partial charge >= 0.3 is 0 Å². The molecule has 106 valence electrons. The van der Waals surface area contributed by atoms with E-state index in [0.717, 1.165) is 29.5 Å². The standard InChI is InChI=1S/C13H15N3O2S2/c1-6(10(14)17)19-13-15-11-9(12(18)16(13)2)7-4-3-5-8(7)20-11/h6H,3-5H2,1-2H3,(H2,14,17)/t6-/m1/s1. The molecular formula is C13H15N3O2S2. The Morgan fingerprint density at radius 1 is 1.50 bits per heavy atom. The van der Waals surface area contributed by atoms with Crippen molar-refractivity contribution in [2.75, 3.05) is 0 Å². The van der Waals surface area contributed by atoms with Crippen LogP contribution in [0.15, 0.2) is 9.95 Å². The zero-order chi connectivity index (χ0) is 14.4. The summed E-state index contributed by atoms with van der Waals surface area (Å²) >= 11 is 2.84. The maximum Gasteiger partial charge on any atom is 0.262 e. The molecule has 0 bridgehead atoms. The zero-order valence-electron chi connectivity index (χ0n) is 11.3. The van der Waals surface area contributed by atoms with E-state index >= 15 is 0 Å². The molecule has 0 saturated heterocycles. The number of fused-ring (bicyclic) bond motifs is 3. The molecule has 2 heterocycles. The van der Waals surface area contributed by atoms with Crippen molar-refractivity contribution < 1.29 is 4.79 Å². The molecule has 0 unspecified atom stereocenters. The van der Waals surface area contributed by atoms with Crippen molar-refractivity contribution in [1.29, 1.82) is 0 Å². The summed E-state index contributed by atoms with van der Waals surface area (Å²) in [6, 6.07) is 0. The minimum Gasteiger partial charge on any atom is -0.369 e. The summed E-state index contributed by atoms with van der Waals surface area (Å²) in [4.78, 5) is 30.3. The van der Waals surface area contributed by atoms with E-state index in [0.29, 0.717) is 5.16 Å². The van der Waals surface area contributed by atoms with E-state index in [1.54, 1.807) is 25.3 Å². The smallest absolute Gasteiger partial charge is 0.262 e. The van der Waals surface area contributed by atoms with Gasteiger partial charge in [0.25, 0.3) is 5.56 Å². The monoisotopic (exact) mass is 309 g/mol. The highest BCUT2D eigenvalue weighted by Crippen LogP contribution is 2.35. The van der Waals surface area contributed by atoms with E-state index in [1.165, 1.54) is 26.8 Å². The van der Waals surface area contributed by atoms with Gasteiger partial charge in [-0.05, 0) is 31.7 Å². The molecule has 1 aliphatic carbocycles. The Morgan fingerprint density at radius 2 is 2.25 bits per heavy atom. The molecule has 7 heteroatoms. The molecule has 0 fully saturated rings. The zero-order valence-corrected chi connectivity index (χ0v) is 12.9. The summed E-state index contributed by atoms with van der Waals surface area (Å²) in [5.41, 5.74) is 6.43. The summed E-state index contributed by atoms with van der Waals surface area (Å²) in [6.07, 6.45) is 3.13. The summed E-state index contributed by atoms with van der Waals surface area (Å²) in [7, 11) is 1.70. The molecule has 0 radical (unpaired) electrons.